The van der Waals surface area contributed by atoms with Gasteiger partial charge in [-0.1, -0.05) is 25.4 Å². The van der Waals surface area contributed by atoms with Crippen LogP contribution in [0.1, 0.15) is 37.0 Å². The smallest absolute Gasteiger partial charge is 0.404 e. The van der Waals surface area contributed by atoms with E-state index >= 15 is 0 Å². The van der Waals surface area contributed by atoms with E-state index in [4.69, 9.17) is 11.6 Å². The molecule has 0 atom stereocenters. The highest BCUT2D eigenvalue weighted by Gasteiger charge is 2.32. The fourth-order valence-corrected chi connectivity index (χ4v) is 3.34. The molecule has 4 nitrogen and oxygen atoms in total. The number of carbonyl (C=O) groups is 1. The lowest BCUT2D eigenvalue weighted by atomic mass is 10.1. The first-order chi connectivity index (χ1) is 11.7. The molecule has 0 spiro atoms. The van der Waals surface area contributed by atoms with Gasteiger partial charge in [-0.25, -0.2) is 0 Å². The second-order valence-electron chi connectivity index (χ2n) is 5.99. The summed E-state index contributed by atoms with van der Waals surface area (Å²) in [6, 6.07) is 4.12. The van der Waals surface area contributed by atoms with Crippen LogP contribution in [0.2, 0.25) is 5.02 Å². The van der Waals surface area contributed by atoms with Crippen molar-refractivity contribution in [3.05, 3.63) is 28.8 Å². The Morgan fingerprint density at radius 1 is 1.20 bits per heavy atom. The molecule has 1 fully saturated rings. The molecule has 2 rings (SSSR count). The topological polar surface area (TPSA) is 32.8 Å². The van der Waals surface area contributed by atoms with E-state index < -0.39 is 12.1 Å². The first-order valence-corrected chi connectivity index (χ1v) is 8.71. The fourth-order valence-electron chi connectivity index (χ4n) is 3.12. The van der Waals surface area contributed by atoms with Crippen LogP contribution in [0.3, 0.4) is 0 Å². The molecule has 1 aliphatic heterocycles. The summed E-state index contributed by atoms with van der Waals surface area (Å²) in [6.07, 6.45) is -2.68. The van der Waals surface area contributed by atoms with Crippen LogP contribution in [-0.2, 0) is 0 Å². The summed E-state index contributed by atoms with van der Waals surface area (Å²) in [5.74, 6) is -0.742. The number of piperazine rings is 1. The van der Waals surface area contributed by atoms with Crippen molar-refractivity contribution in [1.29, 1.82) is 0 Å². The molecule has 1 saturated heterocycles. The van der Waals surface area contributed by atoms with Crippen LogP contribution in [0.25, 0.3) is 0 Å². The lowest BCUT2D eigenvalue weighted by molar-refractivity contribution is -0.274. The molecule has 0 bridgehead atoms. The Bertz CT molecular complexity index is 598. The maximum absolute atomic E-state index is 12.5. The molecule has 0 radical (unpaired) electrons. The summed E-state index contributed by atoms with van der Waals surface area (Å²) in [4.78, 5) is 16.6. The van der Waals surface area contributed by atoms with E-state index in [0.717, 1.165) is 32.0 Å². The fraction of sp³-hybridized carbons (Fsp3) is 0.588. The monoisotopic (exact) mass is 378 g/mol. The van der Waals surface area contributed by atoms with Gasteiger partial charge in [0.2, 0.25) is 0 Å². The van der Waals surface area contributed by atoms with Crippen molar-refractivity contribution in [1.82, 2.24) is 9.80 Å². The molecule has 1 aromatic carbocycles. The third-order valence-electron chi connectivity index (χ3n) is 4.46. The lowest BCUT2D eigenvalue weighted by Crippen LogP contribution is -2.51. The summed E-state index contributed by atoms with van der Waals surface area (Å²) >= 11 is 5.82. The average Bonchev–Trinajstić information content (AvgIpc) is 2.57. The lowest BCUT2D eigenvalue weighted by Gasteiger charge is -2.38. The Balaban J connectivity index is 2.01. The number of benzene rings is 1. The van der Waals surface area contributed by atoms with Crippen LogP contribution >= 0.6 is 11.6 Å². The molecule has 0 aromatic heterocycles. The number of ether oxygens (including phenoxy) is 1. The minimum Gasteiger partial charge on any atom is -0.404 e. The van der Waals surface area contributed by atoms with E-state index in [1.54, 1.807) is 4.90 Å². The van der Waals surface area contributed by atoms with Gasteiger partial charge in [0, 0.05) is 37.8 Å². The molecule has 25 heavy (non-hydrogen) atoms. The summed E-state index contributed by atoms with van der Waals surface area (Å²) in [5, 5.41) is -0.237. The number of rotatable bonds is 5. The third kappa shape index (κ3) is 5.25. The summed E-state index contributed by atoms with van der Waals surface area (Å²) < 4.78 is 40.6. The van der Waals surface area contributed by atoms with Crippen molar-refractivity contribution in [3.8, 4) is 5.75 Å². The van der Waals surface area contributed by atoms with Crippen LogP contribution in [0.5, 0.6) is 5.75 Å². The molecule has 8 heteroatoms. The maximum atomic E-state index is 12.5. The van der Waals surface area contributed by atoms with Gasteiger partial charge in [0.05, 0.1) is 5.02 Å². The predicted molar refractivity (Wildman–Crippen MR) is 90.0 cm³/mol. The number of hydrogen-bond donors (Lipinski definition) is 0. The summed E-state index contributed by atoms with van der Waals surface area (Å²) in [6.45, 7) is 7.07. The first-order valence-electron chi connectivity index (χ1n) is 8.33. The SMILES string of the molecule is CCC(CC)N1CCN(C(=O)c2ccc(OC(F)(F)F)c(Cl)c2)CC1. The highest BCUT2D eigenvalue weighted by molar-refractivity contribution is 6.32. The van der Waals surface area contributed by atoms with Gasteiger partial charge in [-0.15, -0.1) is 13.2 Å². The molecule has 1 aromatic rings. The van der Waals surface area contributed by atoms with Gasteiger partial charge in [0.1, 0.15) is 5.75 Å². The second-order valence-corrected chi connectivity index (χ2v) is 6.40. The third-order valence-corrected chi connectivity index (χ3v) is 4.76. The Kier molecular flexibility index (Phi) is 6.57. The van der Waals surface area contributed by atoms with Crippen molar-refractivity contribution in [3.63, 3.8) is 0 Å². The highest BCUT2D eigenvalue weighted by atomic mass is 35.5. The molecule has 0 aliphatic carbocycles. The van der Waals surface area contributed by atoms with E-state index in [9.17, 15) is 18.0 Å². The number of carbonyl (C=O) groups excluding carboxylic acids is 1. The van der Waals surface area contributed by atoms with Gasteiger partial charge < -0.3 is 9.64 Å². The van der Waals surface area contributed by atoms with E-state index in [0.29, 0.717) is 19.1 Å². The molecule has 140 valence electrons. The number of alkyl halides is 3. The van der Waals surface area contributed by atoms with Gasteiger partial charge >= 0.3 is 6.36 Å². The molecule has 1 aliphatic rings. The molecular formula is C17H22ClF3N2O2. The van der Waals surface area contributed by atoms with Gasteiger partial charge in [-0.05, 0) is 31.0 Å². The molecule has 0 N–H and O–H groups in total. The molecule has 1 amide bonds. The Labute approximate surface area is 150 Å². The van der Waals surface area contributed by atoms with Crippen LogP contribution in [0.4, 0.5) is 13.2 Å². The standard InChI is InChI=1S/C17H22ClF3N2O2/c1-3-13(4-2)22-7-9-23(10-8-22)16(24)12-5-6-15(14(18)11-12)25-17(19,20)21/h5-6,11,13H,3-4,7-10H2,1-2H3. The zero-order chi connectivity index (χ0) is 18.6. The van der Waals surface area contributed by atoms with Gasteiger partial charge in [0.15, 0.2) is 0 Å². The van der Waals surface area contributed by atoms with Crippen LogP contribution < -0.4 is 4.74 Å². The quantitative estimate of drug-likeness (QED) is 0.770. The normalized spacial score (nSPS) is 16.4. The van der Waals surface area contributed by atoms with E-state index in [1.807, 2.05) is 0 Å². The zero-order valence-corrected chi connectivity index (χ0v) is 15.0. The second kappa shape index (κ2) is 8.27. The van der Waals surface area contributed by atoms with Crippen LogP contribution in [0, 0.1) is 0 Å². The summed E-state index contributed by atoms with van der Waals surface area (Å²) in [5.41, 5.74) is 0.260. The van der Waals surface area contributed by atoms with Crippen molar-refractivity contribution < 1.29 is 22.7 Å². The van der Waals surface area contributed by atoms with Gasteiger partial charge in [-0.3, -0.25) is 9.69 Å². The number of halogens is 4. The molecular weight excluding hydrogens is 357 g/mol. The molecule has 0 saturated carbocycles. The van der Waals surface area contributed by atoms with Crippen molar-refractivity contribution >= 4 is 17.5 Å². The van der Waals surface area contributed by atoms with Crippen LogP contribution in [0.15, 0.2) is 18.2 Å². The van der Waals surface area contributed by atoms with Crippen molar-refractivity contribution in [2.45, 2.75) is 39.1 Å². The minimum atomic E-state index is -4.82. The van der Waals surface area contributed by atoms with Gasteiger partial charge in [0.25, 0.3) is 5.91 Å². The zero-order valence-electron chi connectivity index (χ0n) is 14.3. The van der Waals surface area contributed by atoms with Crippen LogP contribution in [-0.4, -0.2) is 54.3 Å². The number of nitrogens with zero attached hydrogens (tertiary/aromatic N) is 2. The molecule has 0 unspecified atom stereocenters. The predicted octanol–water partition coefficient (Wildman–Crippen LogP) is 4.19. The number of hydrogen-bond acceptors (Lipinski definition) is 3. The number of amides is 1. The van der Waals surface area contributed by atoms with Crippen molar-refractivity contribution in [2.24, 2.45) is 0 Å². The Morgan fingerprint density at radius 2 is 1.80 bits per heavy atom. The van der Waals surface area contributed by atoms with E-state index in [2.05, 4.69) is 23.5 Å². The Morgan fingerprint density at radius 3 is 2.28 bits per heavy atom. The maximum Gasteiger partial charge on any atom is 0.573 e. The van der Waals surface area contributed by atoms with Gasteiger partial charge in [-0.2, -0.15) is 0 Å². The largest absolute Gasteiger partial charge is 0.573 e. The van der Waals surface area contributed by atoms with E-state index in [-0.39, 0.29) is 16.5 Å². The summed E-state index contributed by atoms with van der Waals surface area (Å²) in [7, 11) is 0. The highest BCUT2D eigenvalue weighted by Crippen LogP contribution is 2.31. The Hall–Kier alpha value is -1.47. The van der Waals surface area contributed by atoms with Crippen molar-refractivity contribution in [2.75, 3.05) is 26.2 Å². The average molecular weight is 379 g/mol. The first kappa shape index (κ1) is 19.8. The molecule has 1 heterocycles. The minimum absolute atomic E-state index is 0.232. The van der Waals surface area contributed by atoms with E-state index in [1.165, 1.54) is 12.1 Å².